The fourth-order valence-corrected chi connectivity index (χ4v) is 3.25. The van der Waals surface area contributed by atoms with Gasteiger partial charge in [-0.15, -0.1) is 0 Å². The van der Waals surface area contributed by atoms with E-state index in [0.717, 1.165) is 0 Å². The van der Waals surface area contributed by atoms with Crippen molar-refractivity contribution in [1.29, 1.82) is 0 Å². The standard InChI is InChI=1S/C21H22F4N4O4/c1-11-5-13(6-27-18(11)33-10-21(24,25)20(22)23)7-29-8-15-14(19(29)32)3-4-26-16(15)17(31)28-12(2)9-30/h3-6,12,20,30H,7-10H2,1-2H3,(H,28,31)/t12-/m0/s1. The summed E-state index contributed by atoms with van der Waals surface area (Å²) in [5.74, 6) is -5.35. The van der Waals surface area contributed by atoms with Crippen molar-refractivity contribution < 1.29 is 37.0 Å². The van der Waals surface area contributed by atoms with E-state index in [1.165, 1.54) is 30.3 Å². The largest absolute Gasteiger partial charge is 0.471 e. The van der Waals surface area contributed by atoms with Crippen molar-refractivity contribution in [2.75, 3.05) is 13.2 Å². The second-order valence-electron chi connectivity index (χ2n) is 7.72. The van der Waals surface area contributed by atoms with E-state index in [4.69, 9.17) is 9.84 Å². The first-order chi connectivity index (χ1) is 15.5. The smallest absolute Gasteiger partial charge is 0.340 e. The molecule has 0 saturated carbocycles. The van der Waals surface area contributed by atoms with E-state index in [-0.39, 0.29) is 37.2 Å². The molecule has 0 saturated heterocycles. The molecule has 8 nitrogen and oxygen atoms in total. The van der Waals surface area contributed by atoms with Crippen LogP contribution in [0.4, 0.5) is 17.6 Å². The molecule has 3 heterocycles. The van der Waals surface area contributed by atoms with Gasteiger partial charge in [0.25, 0.3) is 11.8 Å². The normalized spacial score (nSPS) is 14.4. The summed E-state index contributed by atoms with van der Waals surface area (Å²) in [5, 5.41) is 11.7. The highest BCUT2D eigenvalue weighted by atomic mass is 19.3. The minimum atomic E-state index is -4.30. The number of hydrogen-bond donors (Lipinski definition) is 2. The quantitative estimate of drug-likeness (QED) is 0.546. The van der Waals surface area contributed by atoms with E-state index >= 15 is 0 Å². The minimum absolute atomic E-state index is 0.0849. The van der Waals surface area contributed by atoms with Gasteiger partial charge in [0, 0.05) is 48.2 Å². The highest BCUT2D eigenvalue weighted by Gasteiger charge is 2.42. The number of nitrogens with one attached hydrogen (secondary N) is 1. The van der Waals surface area contributed by atoms with Crippen molar-refractivity contribution in [1.82, 2.24) is 20.2 Å². The number of aliphatic hydroxyl groups is 1. The Hall–Kier alpha value is -3.28. The number of aliphatic hydroxyl groups excluding tert-OH is 1. The number of halogens is 4. The molecule has 0 aliphatic carbocycles. The predicted octanol–water partition coefficient (Wildman–Crippen LogP) is 2.33. The van der Waals surface area contributed by atoms with Crippen molar-refractivity contribution in [3.63, 3.8) is 0 Å². The predicted molar refractivity (Wildman–Crippen MR) is 107 cm³/mol. The number of hydrogen-bond acceptors (Lipinski definition) is 6. The van der Waals surface area contributed by atoms with Crippen molar-refractivity contribution in [3.8, 4) is 5.88 Å². The molecule has 0 spiro atoms. The summed E-state index contributed by atoms with van der Waals surface area (Å²) in [7, 11) is 0. The number of nitrogens with zero attached hydrogens (tertiary/aromatic N) is 3. The molecule has 33 heavy (non-hydrogen) atoms. The van der Waals surface area contributed by atoms with E-state index in [1.54, 1.807) is 13.0 Å². The second-order valence-corrected chi connectivity index (χ2v) is 7.72. The van der Waals surface area contributed by atoms with Crippen LogP contribution in [0.2, 0.25) is 0 Å². The molecule has 2 amide bonds. The van der Waals surface area contributed by atoms with E-state index in [1.807, 2.05) is 0 Å². The zero-order valence-corrected chi connectivity index (χ0v) is 17.8. The number of pyridine rings is 2. The van der Waals surface area contributed by atoms with Crippen LogP contribution in [0, 0.1) is 6.92 Å². The van der Waals surface area contributed by atoms with Crippen LogP contribution in [0.15, 0.2) is 24.5 Å². The van der Waals surface area contributed by atoms with Crippen LogP contribution in [0.3, 0.4) is 0 Å². The third kappa shape index (κ3) is 5.38. The molecule has 2 aromatic heterocycles. The molecular formula is C21H22F4N4O4. The Morgan fingerprint density at radius 2 is 2.09 bits per heavy atom. The summed E-state index contributed by atoms with van der Waals surface area (Å²) in [6, 6.07) is 2.57. The Balaban J connectivity index is 1.71. The third-order valence-electron chi connectivity index (χ3n) is 4.97. The van der Waals surface area contributed by atoms with Gasteiger partial charge in [0.1, 0.15) is 5.69 Å². The molecular weight excluding hydrogens is 448 g/mol. The molecule has 0 fully saturated rings. The first-order valence-corrected chi connectivity index (χ1v) is 9.96. The van der Waals surface area contributed by atoms with E-state index in [0.29, 0.717) is 22.3 Å². The van der Waals surface area contributed by atoms with Gasteiger partial charge in [0.2, 0.25) is 5.88 Å². The van der Waals surface area contributed by atoms with Gasteiger partial charge in [0.15, 0.2) is 6.61 Å². The molecule has 12 heteroatoms. The van der Waals surface area contributed by atoms with Crippen LogP contribution in [0.25, 0.3) is 0 Å². The highest BCUT2D eigenvalue weighted by molar-refractivity contribution is 6.03. The van der Waals surface area contributed by atoms with Crippen LogP contribution in [0.1, 0.15) is 44.5 Å². The summed E-state index contributed by atoms with van der Waals surface area (Å²) < 4.78 is 55.5. The Morgan fingerprint density at radius 1 is 1.36 bits per heavy atom. The number of amides is 2. The fourth-order valence-electron chi connectivity index (χ4n) is 3.25. The molecule has 2 N–H and O–H groups in total. The molecule has 3 rings (SSSR count). The van der Waals surface area contributed by atoms with E-state index in [2.05, 4.69) is 15.3 Å². The van der Waals surface area contributed by atoms with Gasteiger partial charge in [-0.05, 0) is 31.5 Å². The van der Waals surface area contributed by atoms with Gasteiger partial charge in [-0.3, -0.25) is 14.6 Å². The van der Waals surface area contributed by atoms with Gasteiger partial charge in [-0.2, -0.15) is 8.78 Å². The number of fused-ring (bicyclic) bond motifs is 1. The fraction of sp³-hybridized carbons (Fsp3) is 0.429. The molecule has 1 atom stereocenters. The number of carbonyl (C=O) groups is 2. The lowest BCUT2D eigenvalue weighted by Gasteiger charge is -2.18. The lowest BCUT2D eigenvalue weighted by molar-refractivity contribution is -0.148. The van der Waals surface area contributed by atoms with Crippen LogP contribution in [0.5, 0.6) is 5.88 Å². The number of carbonyl (C=O) groups excluding carboxylic acids is 2. The van der Waals surface area contributed by atoms with E-state index < -0.39 is 30.9 Å². The molecule has 0 aromatic carbocycles. The van der Waals surface area contributed by atoms with Gasteiger partial charge in [-0.25, -0.2) is 13.8 Å². The zero-order chi connectivity index (χ0) is 24.3. The highest BCUT2D eigenvalue weighted by Crippen LogP contribution is 2.28. The first-order valence-electron chi connectivity index (χ1n) is 9.96. The van der Waals surface area contributed by atoms with Gasteiger partial charge in [-0.1, -0.05) is 0 Å². The van der Waals surface area contributed by atoms with Crippen molar-refractivity contribution >= 4 is 11.8 Å². The number of rotatable bonds is 9. The molecule has 0 unspecified atom stereocenters. The maximum Gasteiger partial charge on any atom is 0.340 e. The molecule has 1 aliphatic rings. The van der Waals surface area contributed by atoms with Crippen LogP contribution >= 0.6 is 0 Å². The zero-order valence-electron chi connectivity index (χ0n) is 17.8. The van der Waals surface area contributed by atoms with Crippen molar-refractivity contribution in [2.24, 2.45) is 0 Å². The Bertz CT molecular complexity index is 1050. The maximum absolute atomic E-state index is 13.1. The molecule has 1 aliphatic heterocycles. The molecule has 0 bridgehead atoms. The molecule has 178 valence electrons. The monoisotopic (exact) mass is 470 g/mol. The number of aryl methyl sites for hydroxylation is 1. The van der Waals surface area contributed by atoms with Crippen LogP contribution in [-0.2, 0) is 13.1 Å². The van der Waals surface area contributed by atoms with Crippen molar-refractivity contribution in [2.45, 2.75) is 45.3 Å². The first kappa shape index (κ1) is 24.4. The minimum Gasteiger partial charge on any atom is -0.471 e. The Kier molecular flexibility index (Phi) is 7.15. The van der Waals surface area contributed by atoms with Crippen LogP contribution < -0.4 is 10.1 Å². The lowest BCUT2D eigenvalue weighted by Crippen LogP contribution is -2.36. The summed E-state index contributed by atoms with van der Waals surface area (Å²) >= 11 is 0. The third-order valence-corrected chi connectivity index (χ3v) is 4.97. The molecule has 2 aromatic rings. The maximum atomic E-state index is 13.1. The SMILES string of the molecule is Cc1cc(CN2Cc3c(ccnc3C(=O)N[C@@H](C)CO)C2=O)cnc1OCC(F)(F)C(F)F. The summed E-state index contributed by atoms with van der Waals surface area (Å²) in [6.45, 7) is 1.58. The van der Waals surface area contributed by atoms with Gasteiger partial charge >= 0.3 is 12.3 Å². The van der Waals surface area contributed by atoms with Crippen LogP contribution in [-0.4, -0.2) is 63.4 Å². The summed E-state index contributed by atoms with van der Waals surface area (Å²) in [6.07, 6.45) is -1.20. The number of ether oxygens (including phenoxy) is 1. The lowest BCUT2D eigenvalue weighted by atomic mass is 10.1. The summed E-state index contributed by atoms with van der Waals surface area (Å²) in [4.78, 5) is 34.7. The average molecular weight is 470 g/mol. The Morgan fingerprint density at radius 3 is 2.73 bits per heavy atom. The topological polar surface area (TPSA) is 105 Å². The second kappa shape index (κ2) is 9.69. The molecule has 0 radical (unpaired) electrons. The number of alkyl halides is 4. The average Bonchev–Trinajstić information content (AvgIpc) is 3.08. The Labute approximate surface area is 186 Å². The van der Waals surface area contributed by atoms with Crippen molar-refractivity contribution in [3.05, 3.63) is 52.5 Å². The summed E-state index contributed by atoms with van der Waals surface area (Å²) in [5.41, 5.74) is 1.74. The van der Waals surface area contributed by atoms with E-state index in [9.17, 15) is 27.2 Å². The van der Waals surface area contributed by atoms with Gasteiger partial charge in [0.05, 0.1) is 6.61 Å². The van der Waals surface area contributed by atoms with Gasteiger partial charge < -0.3 is 20.1 Å². The number of aromatic nitrogens is 2.